The molecule has 1 saturated carbocycles. The predicted molar refractivity (Wildman–Crippen MR) is 123 cm³/mol. The molecule has 0 aromatic heterocycles. The molecule has 2 aromatic carbocycles. The van der Waals surface area contributed by atoms with E-state index in [0.29, 0.717) is 11.9 Å². The van der Waals surface area contributed by atoms with Crippen LogP contribution >= 0.6 is 24.0 Å². The summed E-state index contributed by atoms with van der Waals surface area (Å²) in [6, 6.07) is 18.8. The topological polar surface area (TPSA) is 23.6 Å². The predicted octanol–water partition coefficient (Wildman–Crippen LogP) is 5.60. The lowest BCUT2D eigenvalue weighted by Gasteiger charge is -2.41. The summed E-state index contributed by atoms with van der Waals surface area (Å²) in [4.78, 5) is 17.8. The maximum absolute atomic E-state index is 13.2. The summed E-state index contributed by atoms with van der Waals surface area (Å²) in [6.07, 6.45) is 6.43. The molecule has 2 aromatic rings. The molecule has 2 aliphatic rings. The Labute approximate surface area is 185 Å². The molecule has 0 atom stereocenters. The highest BCUT2D eigenvalue weighted by molar-refractivity contribution is 6.30. The lowest BCUT2D eigenvalue weighted by atomic mass is 9.83. The van der Waals surface area contributed by atoms with Crippen LogP contribution in [0.5, 0.6) is 0 Å². The second-order valence-electron chi connectivity index (χ2n) is 8.12. The first-order valence-electron chi connectivity index (χ1n) is 10.6. The fourth-order valence-corrected chi connectivity index (χ4v) is 4.43. The van der Waals surface area contributed by atoms with Crippen molar-refractivity contribution in [3.63, 3.8) is 0 Å². The molecule has 1 heterocycles. The molecule has 5 heteroatoms. The third kappa shape index (κ3) is 5.53. The summed E-state index contributed by atoms with van der Waals surface area (Å²) in [5.74, 6) is 0.531. The zero-order valence-corrected chi connectivity index (χ0v) is 18.4. The smallest absolute Gasteiger partial charge is 0.230 e. The van der Waals surface area contributed by atoms with E-state index >= 15 is 0 Å². The van der Waals surface area contributed by atoms with Crippen LogP contribution in [0.3, 0.4) is 0 Å². The fourth-order valence-electron chi connectivity index (χ4n) is 4.30. The summed E-state index contributed by atoms with van der Waals surface area (Å²) in [6.45, 7) is 3.20. The number of anilines is 1. The largest absolute Gasteiger partial charge is 0.309 e. The molecule has 1 aliphatic heterocycles. The van der Waals surface area contributed by atoms with Crippen LogP contribution in [-0.2, 0) is 11.2 Å². The van der Waals surface area contributed by atoms with Gasteiger partial charge in [-0.15, -0.1) is 12.4 Å². The Morgan fingerprint density at radius 3 is 2.21 bits per heavy atom. The number of nitrogens with zero attached hydrogens (tertiary/aromatic N) is 2. The summed E-state index contributed by atoms with van der Waals surface area (Å²) >= 11 is 6.08. The standard InChI is InChI=1S/C24H29ClN2O.ClH/c25-21-9-11-22(12-10-21)27(24(28)20-7-4-8-20)23-14-17-26(18-15-23)16-13-19-5-2-1-3-6-19;/h1-3,5-6,9-12,20,23H,4,7-8,13-18H2;1H. The number of carbonyl (C=O) groups is 1. The van der Waals surface area contributed by atoms with E-state index < -0.39 is 0 Å². The first-order chi connectivity index (χ1) is 13.7. The van der Waals surface area contributed by atoms with E-state index in [2.05, 4.69) is 40.1 Å². The van der Waals surface area contributed by atoms with Crippen LogP contribution in [0.2, 0.25) is 5.02 Å². The Morgan fingerprint density at radius 2 is 1.62 bits per heavy atom. The Bertz CT molecular complexity index is 769. The van der Waals surface area contributed by atoms with E-state index in [1.807, 2.05) is 24.3 Å². The second kappa shape index (κ2) is 10.5. The Kier molecular flexibility index (Phi) is 7.99. The lowest BCUT2D eigenvalue weighted by molar-refractivity contribution is -0.125. The van der Waals surface area contributed by atoms with E-state index in [-0.39, 0.29) is 18.3 Å². The van der Waals surface area contributed by atoms with Crippen LogP contribution in [0, 0.1) is 5.92 Å². The van der Waals surface area contributed by atoms with Gasteiger partial charge in [0.15, 0.2) is 0 Å². The van der Waals surface area contributed by atoms with Crippen LogP contribution in [0.15, 0.2) is 54.6 Å². The van der Waals surface area contributed by atoms with Gasteiger partial charge in [0.05, 0.1) is 0 Å². The van der Waals surface area contributed by atoms with Crippen molar-refractivity contribution in [2.45, 2.75) is 44.6 Å². The molecular formula is C24H30Cl2N2O. The average Bonchev–Trinajstić information content (AvgIpc) is 2.68. The average molecular weight is 433 g/mol. The van der Waals surface area contributed by atoms with Crippen LogP contribution in [0.4, 0.5) is 5.69 Å². The van der Waals surface area contributed by atoms with Crippen molar-refractivity contribution < 1.29 is 4.79 Å². The monoisotopic (exact) mass is 432 g/mol. The van der Waals surface area contributed by atoms with Gasteiger partial charge in [-0.3, -0.25) is 4.79 Å². The van der Waals surface area contributed by atoms with Gasteiger partial charge in [-0.25, -0.2) is 0 Å². The van der Waals surface area contributed by atoms with Crippen molar-refractivity contribution in [1.82, 2.24) is 4.90 Å². The van der Waals surface area contributed by atoms with Crippen molar-refractivity contribution in [2.75, 3.05) is 24.5 Å². The van der Waals surface area contributed by atoms with Crippen molar-refractivity contribution in [3.05, 3.63) is 65.2 Å². The summed E-state index contributed by atoms with van der Waals surface area (Å²) in [7, 11) is 0. The first kappa shape index (κ1) is 22.1. The number of halogens is 2. The highest BCUT2D eigenvalue weighted by Crippen LogP contribution is 2.33. The van der Waals surface area contributed by atoms with Gasteiger partial charge in [0.25, 0.3) is 0 Å². The molecule has 1 aliphatic carbocycles. The number of piperidine rings is 1. The van der Waals surface area contributed by atoms with E-state index in [1.54, 1.807) is 0 Å². The molecule has 3 nitrogen and oxygen atoms in total. The number of benzene rings is 2. The van der Waals surface area contributed by atoms with Gasteiger partial charge in [0, 0.05) is 42.3 Å². The first-order valence-corrected chi connectivity index (χ1v) is 10.9. The van der Waals surface area contributed by atoms with Crippen LogP contribution in [0.1, 0.15) is 37.7 Å². The maximum atomic E-state index is 13.2. The molecule has 2 fully saturated rings. The van der Waals surface area contributed by atoms with Gasteiger partial charge >= 0.3 is 0 Å². The Morgan fingerprint density at radius 1 is 0.966 bits per heavy atom. The third-order valence-corrected chi connectivity index (χ3v) is 6.53. The van der Waals surface area contributed by atoms with E-state index in [4.69, 9.17) is 11.6 Å². The molecule has 0 bridgehead atoms. The van der Waals surface area contributed by atoms with Gasteiger partial charge in [-0.05, 0) is 61.9 Å². The van der Waals surface area contributed by atoms with Crippen molar-refractivity contribution in [2.24, 2.45) is 5.92 Å². The maximum Gasteiger partial charge on any atom is 0.230 e. The minimum atomic E-state index is 0. The molecule has 4 rings (SSSR count). The summed E-state index contributed by atoms with van der Waals surface area (Å²) < 4.78 is 0. The molecule has 0 unspecified atom stereocenters. The number of amides is 1. The van der Waals surface area contributed by atoms with E-state index in [1.165, 1.54) is 12.0 Å². The van der Waals surface area contributed by atoms with Gasteiger partial charge in [0.1, 0.15) is 0 Å². The van der Waals surface area contributed by atoms with E-state index in [9.17, 15) is 4.79 Å². The van der Waals surface area contributed by atoms with Crippen LogP contribution in [-0.4, -0.2) is 36.5 Å². The SMILES string of the molecule is Cl.O=C(C1CCC1)N(c1ccc(Cl)cc1)C1CCN(CCc2ccccc2)CC1. The minimum absolute atomic E-state index is 0. The highest BCUT2D eigenvalue weighted by atomic mass is 35.5. The number of carbonyl (C=O) groups excluding carboxylic acids is 1. The molecule has 156 valence electrons. The zero-order chi connectivity index (χ0) is 19.3. The zero-order valence-electron chi connectivity index (χ0n) is 16.8. The molecule has 1 amide bonds. The quantitative estimate of drug-likeness (QED) is 0.592. The molecule has 0 N–H and O–H groups in total. The summed E-state index contributed by atoms with van der Waals surface area (Å²) in [5.41, 5.74) is 2.40. The molecular weight excluding hydrogens is 403 g/mol. The van der Waals surface area contributed by atoms with Crippen molar-refractivity contribution >= 4 is 35.6 Å². The minimum Gasteiger partial charge on any atom is -0.309 e. The molecule has 29 heavy (non-hydrogen) atoms. The van der Waals surface area contributed by atoms with Gasteiger partial charge < -0.3 is 9.80 Å². The molecule has 0 radical (unpaired) electrons. The number of rotatable bonds is 6. The van der Waals surface area contributed by atoms with Gasteiger partial charge in [0.2, 0.25) is 5.91 Å². The number of hydrogen-bond acceptors (Lipinski definition) is 2. The second-order valence-corrected chi connectivity index (χ2v) is 8.56. The number of likely N-dealkylation sites (tertiary alicyclic amines) is 1. The summed E-state index contributed by atoms with van der Waals surface area (Å²) in [5, 5.41) is 0.718. The van der Waals surface area contributed by atoms with Crippen LogP contribution in [0.25, 0.3) is 0 Å². The third-order valence-electron chi connectivity index (χ3n) is 6.28. The number of hydrogen-bond donors (Lipinski definition) is 0. The molecule has 0 spiro atoms. The van der Waals surface area contributed by atoms with Crippen molar-refractivity contribution in [3.8, 4) is 0 Å². The lowest BCUT2D eigenvalue weighted by Crippen LogP contribution is -2.50. The Balaban J connectivity index is 0.00000240. The van der Waals surface area contributed by atoms with Gasteiger partial charge in [-0.2, -0.15) is 0 Å². The normalized spacial score (nSPS) is 18.0. The Hall–Kier alpha value is -1.55. The fraction of sp³-hybridized carbons (Fsp3) is 0.458. The highest BCUT2D eigenvalue weighted by Gasteiger charge is 2.35. The van der Waals surface area contributed by atoms with Crippen molar-refractivity contribution in [1.29, 1.82) is 0 Å². The van der Waals surface area contributed by atoms with Crippen LogP contribution < -0.4 is 4.90 Å². The van der Waals surface area contributed by atoms with Gasteiger partial charge in [-0.1, -0.05) is 48.4 Å². The molecule has 1 saturated heterocycles. The van der Waals surface area contributed by atoms with E-state index in [0.717, 1.165) is 62.4 Å².